The van der Waals surface area contributed by atoms with Gasteiger partial charge in [-0.05, 0) is 58.4 Å². The average Bonchev–Trinajstić information content (AvgIpc) is 2.52. The summed E-state index contributed by atoms with van der Waals surface area (Å²) in [5, 5.41) is 5.64. The van der Waals surface area contributed by atoms with Gasteiger partial charge in [0.05, 0.1) is 0 Å². The summed E-state index contributed by atoms with van der Waals surface area (Å²) in [6.07, 6.45) is 5.22. The Morgan fingerprint density at radius 1 is 0.739 bits per heavy atom. The van der Waals surface area contributed by atoms with Crippen molar-refractivity contribution in [2.45, 2.75) is 25.7 Å². The van der Waals surface area contributed by atoms with Gasteiger partial charge in [0.1, 0.15) is 0 Å². The van der Waals surface area contributed by atoms with Gasteiger partial charge in [0, 0.05) is 0 Å². The van der Waals surface area contributed by atoms with E-state index < -0.39 is 10.4 Å². The fourth-order valence-corrected chi connectivity index (χ4v) is 3.34. The van der Waals surface area contributed by atoms with Crippen LogP contribution in [0.4, 0.5) is 0 Å². The molecule has 4 rings (SSSR count). The molecular formula is C18H18O4S. The van der Waals surface area contributed by atoms with Crippen molar-refractivity contribution >= 4 is 31.9 Å². The molecule has 0 amide bonds. The fourth-order valence-electron chi connectivity index (χ4n) is 3.34. The molecule has 1 aliphatic carbocycles. The number of rotatable bonds is 0. The monoisotopic (exact) mass is 330 g/mol. The highest BCUT2D eigenvalue weighted by molar-refractivity contribution is 7.79. The summed E-state index contributed by atoms with van der Waals surface area (Å²) >= 11 is 0. The van der Waals surface area contributed by atoms with E-state index >= 15 is 0 Å². The minimum atomic E-state index is -4.67. The first-order valence-electron chi connectivity index (χ1n) is 7.55. The molecule has 0 spiro atoms. The molecule has 4 nitrogen and oxygen atoms in total. The van der Waals surface area contributed by atoms with Crippen LogP contribution in [0.25, 0.3) is 21.5 Å². The van der Waals surface area contributed by atoms with E-state index in [0.717, 1.165) is 0 Å². The summed E-state index contributed by atoms with van der Waals surface area (Å²) in [6, 6.07) is 18.0. The molecule has 5 heteroatoms. The highest BCUT2D eigenvalue weighted by atomic mass is 32.3. The van der Waals surface area contributed by atoms with Crippen LogP contribution in [-0.4, -0.2) is 17.5 Å². The van der Waals surface area contributed by atoms with E-state index in [4.69, 9.17) is 17.5 Å². The fraction of sp³-hybridized carbons (Fsp3) is 0.222. The normalized spacial score (nSPS) is 14.2. The van der Waals surface area contributed by atoms with Crippen LogP contribution in [0.5, 0.6) is 0 Å². The summed E-state index contributed by atoms with van der Waals surface area (Å²) in [5.41, 5.74) is 3.17. The molecule has 0 atom stereocenters. The molecular weight excluding hydrogens is 312 g/mol. The highest BCUT2D eigenvalue weighted by Gasteiger charge is 2.13. The van der Waals surface area contributed by atoms with Gasteiger partial charge < -0.3 is 0 Å². The first kappa shape index (κ1) is 15.9. The summed E-state index contributed by atoms with van der Waals surface area (Å²) < 4.78 is 31.6. The van der Waals surface area contributed by atoms with Crippen LogP contribution in [0.15, 0.2) is 48.5 Å². The number of hydrogen-bond acceptors (Lipinski definition) is 2. The molecule has 0 aromatic heterocycles. The van der Waals surface area contributed by atoms with Gasteiger partial charge in [-0.2, -0.15) is 8.42 Å². The van der Waals surface area contributed by atoms with Gasteiger partial charge in [-0.3, -0.25) is 9.11 Å². The molecule has 2 N–H and O–H groups in total. The Morgan fingerprint density at radius 3 is 2.17 bits per heavy atom. The van der Waals surface area contributed by atoms with Gasteiger partial charge in [0.2, 0.25) is 0 Å². The third-order valence-corrected chi connectivity index (χ3v) is 4.26. The van der Waals surface area contributed by atoms with E-state index in [0.29, 0.717) is 0 Å². The zero-order chi connectivity index (χ0) is 16.4. The Hall–Kier alpha value is -1.95. The maximum atomic E-state index is 8.74. The molecule has 0 bridgehead atoms. The molecule has 1 aliphatic rings. The number of benzene rings is 3. The molecule has 3 aromatic carbocycles. The van der Waals surface area contributed by atoms with Crippen molar-refractivity contribution in [3.8, 4) is 0 Å². The molecule has 120 valence electrons. The lowest BCUT2D eigenvalue weighted by Gasteiger charge is -2.18. The van der Waals surface area contributed by atoms with Crippen molar-refractivity contribution in [3.63, 3.8) is 0 Å². The lowest BCUT2D eigenvalue weighted by Crippen LogP contribution is -2.02. The lowest BCUT2D eigenvalue weighted by molar-refractivity contribution is 0.381. The third kappa shape index (κ3) is 3.69. The molecule has 23 heavy (non-hydrogen) atoms. The molecule has 0 saturated heterocycles. The minimum absolute atomic E-state index is 1.25. The van der Waals surface area contributed by atoms with Crippen molar-refractivity contribution in [2.24, 2.45) is 0 Å². The smallest absolute Gasteiger partial charge is 0.264 e. The second-order valence-corrected chi connectivity index (χ2v) is 6.64. The first-order valence-corrected chi connectivity index (χ1v) is 8.95. The van der Waals surface area contributed by atoms with Gasteiger partial charge in [-0.25, -0.2) is 0 Å². The van der Waals surface area contributed by atoms with Crippen LogP contribution in [-0.2, 0) is 23.2 Å². The average molecular weight is 330 g/mol. The highest BCUT2D eigenvalue weighted by Crippen LogP contribution is 2.33. The van der Waals surface area contributed by atoms with Crippen LogP contribution >= 0.6 is 0 Å². The van der Waals surface area contributed by atoms with Crippen molar-refractivity contribution in [1.82, 2.24) is 0 Å². The van der Waals surface area contributed by atoms with E-state index in [1.54, 1.807) is 11.1 Å². The second-order valence-electron chi connectivity index (χ2n) is 5.74. The van der Waals surface area contributed by atoms with Gasteiger partial charge in [0.25, 0.3) is 0 Å². The van der Waals surface area contributed by atoms with E-state index in [-0.39, 0.29) is 0 Å². The Kier molecular flexibility index (Phi) is 4.35. The first-order chi connectivity index (χ1) is 10.9. The van der Waals surface area contributed by atoms with E-state index in [2.05, 4.69) is 48.5 Å². The molecule has 0 fully saturated rings. The Bertz CT molecular complexity index is 953. The zero-order valence-electron chi connectivity index (χ0n) is 12.6. The number of hydrogen-bond donors (Lipinski definition) is 2. The van der Waals surface area contributed by atoms with Crippen LogP contribution in [0.2, 0.25) is 0 Å². The maximum absolute atomic E-state index is 8.74. The largest absolute Gasteiger partial charge is 0.394 e. The summed E-state index contributed by atoms with van der Waals surface area (Å²) in [4.78, 5) is 0. The minimum Gasteiger partial charge on any atom is -0.264 e. The molecule has 0 saturated carbocycles. The standard InChI is InChI=1S/C18H16.H2O4S/c1-3-7-15-13(5-1)9-11-18-16-8-4-2-6-14(16)10-12-17(15)18;1-5(2,3)4/h1,3,5,7,9-12H,2,4,6,8H2;(H2,1,2,3,4). The Morgan fingerprint density at radius 2 is 1.39 bits per heavy atom. The van der Waals surface area contributed by atoms with Crippen LogP contribution in [0.1, 0.15) is 24.0 Å². The van der Waals surface area contributed by atoms with Crippen LogP contribution in [0, 0.1) is 0 Å². The van der Waals surface area contributed by atoms with Crippen molar-refractivity contribution in [1.29, 1.82) is 0 Å². The van der Waals surface area contributed by atoms with Gasteiger partial charge in [-0.15, -0.1) is 0 Å². The number of aryl methyl sites for hydroxylation is 2. The van der Waals surface area contributed by atoms with Crippen LogP contribution in [0.3, 0.4) is 0 Å². The predicted octanol–water partition coefficient (Wildman–Crippen LogP) is 4.22. The quantitative estimate of drug-likeness (QED) is 0.478. The maximum Gasteiger partial charge on any atom is 0.394 e. The van der Waals surface area contributed by atoms with Gasteiger partial charge in [-0.1, -0.05) is 48.5 Å². The molecule has 3 aromatic rings. The Labute approximate surface area is 135 Å². The topological polar surface area (TPSA) is 74.6 Å². The molecule has 0 unspecified atom stereocenters. The van der Waals surface area contributed by atoms with Crippen molar-refractivity contribution in [3.05, 3.63) is 59.7 Å². The predicted molar refractivity (Wildman–Crippen MR) is 92.3 cm³/mol. The third-order valence-electron chi connectivity index (χ3n) is 4.26. The molecule has 0 heterocycles. The number of fused-ring (bicyclic) bond motifs is 5. The SMILES string of the molecule is O=S(=O)(O)O.c1ccc2c(c1)ccc1c3c(ccc12)CCCC3. The van der Waals surface area contributed by atoms with E-state index in [9.17, 15) is 0 Å². The van der Waals surface area contributed by atoms with Crippen molar-refractivity contribution < 1.29 is 17.5 Å². The lowest BCUT2D eigenvalue weighted by atomic mass is 9.86. The summed E-state index contributed by atoms with van der Waals surface area (Å²) in [5.74, 6) is 0. The van der Waals surface area contributed by atoms with Crippen LogP contribution < -0.4 is 0 Å². The second kappa shape index (κ2) is 6.28. The van der Waals surface area contributed by atoms with Crippen molar-refractivity contribution in [2.75, 3.05) is 0 Å². The summed E-state index contributed by atoms with van der Waals surface area (Å²) in [7, 11) is -4.67. The zero-order valence-corrected chi connectivity index (χ0v) is 13.4. The van der Waals surface area contributed by atoms with Gasteiger partial charge >= 0.3 is 10.4 Å². The molecule has 0 aliphatic heterocycles. The molecule has 0 radical (unpaired) electrons. The van der Waals surface area contributed by atoms with E-state index in [1.165, 1.54) is 47.2 Å². The Balaban J connectivity index is 0.000000276. The van der Waals surface area contributed by atoms with E-state index in [1.807, 2.05) is 0 Å². The summed E-state index contributed by atoms with van der Waals surface area (Å²) in [6.45, 7) is 0. The van der Waals surface area contributed by atoms with Gasteiger partial charge in [0.15, 0.2) is 0 Å².